The quantitative estimate of drug-likeness (QED) is 0.546. The predicted octanol–water partition coefficient (Wildman–Crippen LogP) is 3.57. The molecule has 5 rings (SSSR count). The van der Waals surface area contributed by atoms with Gasteiger partial charge in [0.05, 0.1) is 34.8 Å². The molecule has 9 heteroatoms. The lowest BCUT2D eigenvalue weighted by molar-refractivity contribution is 0.0674. The Labute approximate surface area is 165 Å². The van der Waals surface area contributed by atoms with Gasteiger partial charge in [-0.2, -0.15) is 5.10 Å². The van der Waals surface area contributed by atoms with Crippen LogP contribution in [0.1, 0.15) is 18.9 Å². The molecule has 3 N–H and O–H groups in total. The van der Waals surface area contributed by atoms with Gasteiger partial charge >= 0.3 is 0 Å². The number of nitrogens with zero attached hydrogens (tertiary/aromatic N) is 4. The average molecular weight is 399 g/mol. The zero-order valence-electron chi connectivity index (χ0n) is 15.3. The van der Waals surface area contributed by atoms with Crippen molar-refractivity contribution in [2.45, 2.75) is 18.9 Å². The van der Waals surface area contributed by atoms with E-state index in [0.29, 0.717) is 35.5 Å². The summed E-state index contributed by atoms with van der Waals surface area (Å²) >= 11 is 6.40. The smallest absolute Gasteiger partial charge is 0.164 e. The van der Waals surface area contributed by atoms with Crippen LogP contribution in [-0.4, -0.2) is 45.1 Å². The van der Waals surface area contributed by atoms with Gasteiger partial charge in [-0.3, -0.25) is 0 Å². The molecule has 0 amide bonds. The van der Waals surface area contributed by atoms with E-state index < -0.39 is 0 Å². The summed E-state index contributed by atoms with van der Waals surface area (Å²) in [5.74, 6) is 1.11. The number of halogens is 1. The Morgan fingerprint density at radius 3 is 2.89 bits per heavy atom. The second kappa shape index (κ2) is 6.65. The zero-order chi connectivity index (χ0) is 19.3. The van der Waals surface area contributed by atoms with Crippen molar-refractivity contribution in [2.75, 3.05) is 26.1 Å². The molecule has 0 atom stereocenters. The highest BCUT2D eigenvalue weighted by Gasteiger charge is 2.25. The van der Waals surface area contributed by atoms with Gasteiger partial charge in [0.15, 0.2) is 5.65 Å². The third kappa shape index (κ3) is 2.60. The highest BCUT2D eigenvalue weighted by molar-refractivity contribution is 6.35. The molecule has 8 nitrogen and oxygen atoms in total. The van der Waals surface area contributed by atoms with E-state index in [1.165, 1.54) is 6.33 Å². The van der Waals surface area contributed by atoms with E-state index in [9.17, 15) is 0 Å². The van der Waals surface area contributed by atoms with Crippen molar-refractivity contribution in [3.63, 3.8) is 0 Å². The van der Waals surface area contributed by atoms with Gasteiger partial charge in [-0.1, -0.05) is 11.6 Å². The lowest BCUT2D eigenvalue weighted by Gasteiger charge is -2.22. The predicted molar refractivity (Wildman–Crippen MR) is 108 cm³/mol. The lowest BCUT2D eigenvalue weighted by Crippen LogP contribution is -2.20. The molecule has 144 valence electrons. The number of nitrogens with two attached hydrogens (primary N) is 1. The Kier molecular flexibility index (Phi) is 4.10. The molecule has 1 aliphatic rings. The minimum absolute atomic E-state index is 0.210. The first kappa shape index (κ1) is 17.3. The first-order chi connectivity index (χ1) is 13.7. The lowest BCUT2D eigenvalue weighted by atomic mass is 10.1. The minimum atomic E-state index is 0.210. The topological polar surface area (TPSA) is 104 Å². The molecule has 0 radical (unpaired) electrons. The average Bonchev–Trinajstić information content (AvgIpc) is 3.32. The molecule has 1 saturated heterocycles. The number of ether oxygens (including phenoxy) is 2. The Balaban J connectivity index is 1.75. The van der Waals surface area contributed by atoms with Crippen LogP contribution < -0.4 is 10.5 Å². The van der Waals surface area contributed by atoms with Gasteiger partial charge in [0.1, 0.15) is 23.6 Å². The van der Waals surface area contributed by atoms with Crippen molar-refractivity contribution in [2.24, 2.45) is 0 Å². The van der Waals surface area contributed by atoms with Crippen LogP contribution in [0, 0.1) is 0 Å². The number of rotatable bonds is 3. The van der Waals surface area contributed by atoms with Gasteiger partial charge in [-0.15, -0.1) is 0 Å². The van der Waals surface area contributed by atoms with Gasteiger partial charge in [-0.25, -0.2) is 14.6 Å². The number of benzene rings is 1. The van der Waals surface area contributed by atoms with Crippen LogP contribution in [0.5, 0.6) is 5.75 Å². The van der Waals surface area contributed by atoms with Crippen LogP contribution in [0.15, 0.2) is 24.5 Å². The molecule has 1 aliphatic heterocycles. The normalized spacial score (nSPS) is 15.5. The molecule has 0 aliphatic carbocycles. The maximum atomic E-state index is 6.40. The van der Waals surface area contributed by atoms with E-state index in [4.69, 9.17) is 31.9 Å². The minimum Gasteiger partial charge on any atom is -0.495 e. The number of hydrogen-bond donors (Lipinski definition) is 2. The second-order valence-electron chi connectivity index (χ2n) is 6.82. The molecule has 0 spiro atoms. The summed E-state index contributed by atoms with van der Waals surface area (Å²) in [7, 11) is 1.63. The van der Waals surface area contributed by atoms with E-state index >= 15 is 0 Å². The van der Waals surface area contributed by atoms with Gasteiger partial charge in [0.2, 0.25) is 0 Å². The molecule has 1 fully saturated rings. The Morgan fingerprint density at radius 2 is 2.11 bits per heavy atom. The van der Waals surface area contributed by atoms with Crippen LogP contribution in [0.2, 0.25) is 5.02 Å². The summed E-state index contributed by atoms with van der Waals surface area (Å²) in [6.07, 6.45) is 3.24. The largest absolute Gasteiger partial charge is 0.495 e. The number of anilines is 1. The fourth-order valence-electron chi connectivity index (χ4n) is 3.83. The van der Waals surface area contributed by atoms with E-state index in [1.807, 2.05) is 22.9 Å². The van der Waals surface area contributed by atoms with E-state index in [-0.39, 0.29) is 6.04 Å². The maximum Gasteiger partial charge on any atom is 0.164 e. The number of nitrogen functional groups attached to an aromatic ring is 1. The molecule has 0 bridgehead atoms. The van der Waals surface area contributed by atoms with Gasteiger partial charge in [0.25, 0.3) is 0 Å². The number of H-pyrrole nitrogens is 1. The highest BCUT2D eigenvalue weighted by Crippen LogP contribution is 2.38. The highest BCUT2D eigenvalue weighted by atomic mass is 35.5. The van der Waals surface area contributed by atoms with Crippen LogP contribution in [-0.2, 0) is 4.74 Å². The first-order valence-corrected chi connectivity index (χ1v) is 9.47. The van der Waals surface area contributed by atoms with Crippen molar-refractivity contribution < 1.29 is 9.47 Å². The Bertz CT molecular complexity index is 1180. The Hall–Kier alpha value is -2.84. The fourth-order valence-corrected chi connectivity index (χ4v) is 4.04. The van der Waals surface area contributed by atoms with E-state index in [2.05, 4.69) is 15.0 Å². The summed E-state index contributed by atoms with van der Waals surface area (Å²) in [6, 6.07) is 5.82. The fraction of sp³-hybridized carbons (Fsp3) is 0.316. The third-order valence-electron chi connectivity index (χ3n) is 5.23. The number of aromatic amines is 1. The standard InChI is InChI=1S/C19H19ClN6O2/c1-27-14-3-2-12(20)11-8-13(24-16(11)14)17-15-18(21)22-9-23-19(15)26(25-17)10-4-6-28-7-5-10/h2-3,8-10,24H,4-7H2,1H3,(H2,21,22,23). The van der Waals surface area contributed by atoms with Gasteiger partial charge in [-0.05, 0) is 31.0 Å². The molecular formula is C19H19ClN6O2. The van der Waals surface area contributed by atoms with Gasteiger partial charge in [0, 0.05) is 18.6 Å². The summed E-state index contributed by atoms with van der Waals surface area (Å²) in [6.45, 7) is 1.42. The molecular weight excluding hydrogens is 380 g/mol. The molecule has 0 unspecified atom stereocenters. The summed E-state index contributed by atoms with van der Waals surface area (Å²) < 4.78 is 12.9. The van der Waals surface area contributed by atoms with Crippen molar-refractivity contribution in [1.82, 2.24) is 24.7 Å². The number of hydrogen-bond acceptors (Lipinski definition) is 6. The summed E-state index contributed by atoms with van der Waals surface area (Å²) in [5, 5.41) is 7.12. The molecule has 4 aromatic rings. The van der Waals surface area contributed by atoms with Gasteiger partial charge < -0.3 is 20.2 Å². The van der Waals surface area contributed by atoms with E-state index in [1.54, 1.807) is 7.11 Å². The van der Waals surface area contributed by atoms with Crippen LogP contribution in [0.25, 0.3) is 33.3 Å². The van der Waals surface area contributed by atoms with Crippen molar-refractivity contribution >= 4 is 39.4 Å². The molecule has 3 aromatic heterocycles. The second-order valence-corrected chi connectivity index (χ2v) is 7.22. The molecule has 1 aromatic carbocycles. The summed E-state index contributed by atoms with van der Waals surface area (Å²) in [5.41, 5.74) is 9.26. The number of aromatic nitrogens is 5. The number of fused-ring (bicyclic) bond motifs is 2. The number of methoxy groups -OCH3 is 1. The molecule has 4 heterocycles. The zero-order valence-corrected chi connectivity index (χ0v) is 16.0. The van der Waals surface area contributed by atoms with Crippen molar-refractivity contribution in [1.29, 1.82) is 0 Å². The maximum absolute atomic E-state index is 6.40. The van der Waals surface area contributed by atoms with Crippen molar-refractivity contribution in [3.8, 4) is 17.1 Å². The van der Waals surface area contributed by atoms with Crippen LogP contribution >= 0.6 is 11.6 Å². The monoisotopic (exact) mass is 398 g/mol. The number of nitrogens with one attached hydrogen (secondary N) is 1. The van der Waals surface area contributed by atoms with Crippen LogP contribution in [0.4, 0.5) is 5.82 Å². The van der Waals surface area contributed by atoms with Crippen LogP contribution in [0.3, 0.4) is 0 Å². The first-order valence-electron chi connectivity index (χ1n) is 9.09. The Morgan fingerprint density at radius 1 is 1.29 bits per heavy atom. The van der Waals surface area contributed by atoms with Crippen molar-refractivity contribution in [3.05, 3.63) is 29.5 Å². The summed E-state index contributed by atoms with van der Waals surface area (Å²) in [4.78, 5) is 12.0. The third-order valence-corrected chi connectivity index (χ3v) is 5.56. The molecule has 28 heavy (non-hydrogen) atoms. The SMILES string of the molecule is COc1ccc(Cl)c2cc(-c3nn(C4CCOCC4)c4ncnc(N)c34)[nH]c12. The van der Waals surface area contributed by atoms with E-state index in [0.717, 1.165) is 40.5 Å². The molecule has 0 saturated carbocycles.